The fourth-order valence-corrected chi connectivity index (χ4v) is 1.78. The number of amides is 1. The Morgan fingerprint density at radius 2 is 2.12 bits per heavy atom. The van der Waals surface area contributed by atoms with Crippen molar-refractivity contribution in [2.75, 3.05) is 0 Å². The average molecular weight is 333 g/mol. The van der Waals surface area contributed by atoms with E-state index in [2.05, 4.69) is 15.1 Å². The highest BCUT2D eigenvalue weighted by Gasteiger charge is 2.27. The van der Waals surface area contributed by atoms with Crippen LogP contribution in [-0.2, 0) is 14.3 Å². The number of carbonyl (C=O) groups excluding carboxylic acids is 3. The molecular weight excluding hydrogens is 312 g/mol. The van der Waals surface area contributed by atoms with E-state index in [1.54, 1.807) is 32.9 Å². The molecule has 128 valence electrons. The molecule has 1 aromatic rings. The summed E-state index contributed by atoms with van der Waals surface area (Å²) in [6, 6.07) is 2.18. The third-order valence-electron chi connectivity index (χ3n) is 2.81. The lowest BCUT2D eigenvalue weighted by atomic mass is 10.1. The molecule has 1 rings (SSSR count). The second kappa shape index (κ2) is 8.69. The van der Waals surface area contributed by atoms with E-state index in [0.29, 0.717) is 5.56 Å². The number of ketones is 1. The third kappa shape index (κ3) is 6.93. The van der Waals surface area contributed by atoms with Gasteiger partial charge in [-0.05, 0) is 39.3 Å². The molecular formula is C16H21N4O4+. The van der Waals surface area contributed by atoms with E-state index in [4.69, 9.17) is 10.3 Å². The smallest absolute Gasteiger partial charge is 0.372 e. The molecule has 0 saturated heterocycles. The number of esters is 1. The number of pyridine rings is 1. The Kier molecular flexibility index (Phi) is 6.95. The van der Waals surface area contributed by atoms with Gasteiger partial charge in [0, 0.05) is 18.8 Å². The van der Waals surface area contributed by atoms with Crippen LogP contribution in [0.15, 0.2) is 24.5 Å². The number of nitrogens with one attached hydrogen (secondary N) is 2. The van der Waals surface area contributed by atoms with Crippen molar-refractivity contribution in [3.63, 3.8) is 0 Å². The van der Waals surface area contributed by atoms with Crippen molar-refractivity contribution in [3.05, 3.63) is 30.1 Å². The van der Waals surface area contributed by atoms with Crippen molar-refractivity contribution in [1.82, 2.24) is 10.3 Å². The lowest BCUT2D eigenvalue weighted by molar-refractivity contribution is -0.157. The van der Waals surface area contributed by atoms with Gasteiger partial charge in [0.2, 0.25) is 5.78 Å². The van der Waals surface area contributed by atoms with E-state index >= 15 is 0 Å². The van der Waals surface area contributed by atoms with Gasteiger partial charge in [0.05, 0.1) is 15.9 Å². The van der Waals surface area contributed by atoms with E-state index in [-0.39, 0.29) is 12.8 Å². The van der Waals surface area contributed by atoms with Crippen LogP contribution in [0.3, 0.4) is 0 Å². The van der Waals surface area contributed by atoms with Crippen molar-refractivity contribution >= 4 is 23.9 Å². The molecule has 0 aliphatic heterocycles. The number of hydrogen-bond acceptors (Lipinski definition) is 6. The zero-order chi connectivity index (χ0) is 18.2. The maximum Gasteiger partial charge on any atom is 0.372 e. The second-order valence-corrected chi connectivity index (χ2v) is 6.06. The van der Waals surface area contributed by atoms with Crippen LogP contribution >= 0.6 is 0 Å². The second-order valence-electron chi connectivity index (χ2n) is 6.06. The Hall–Kier alpha value is -2.86. The fourth-order valence-electron chi connectivity index (χ4n) is 1.78. The number of rotatable bonds is 7. The van der Waals surface area contributed by atoms with Gasteiger partial charge in [0.25, 0.3) is 5.91 Å². The van der Waals surface area contributed by atoms with Gasteiger partial charge >= 0.3 is 12.2 Å². The minimum absolute atomic E-state index is 0.0421. The van der Waals surface area contributed by atoms with Gasteiger partial charge in [-0.1, -0.05) is 0 Å². The first-order valence-corrected chi connectivity index (χ1v) is 7.39. The van der Waals surface area contributed by atoms with Crippen molar-refractivity contribution in [1.29, 1.82) is 5.53 Å². The summed E-state index contributed by atoms with van der Waals surface area (Å²) in [5.74, 6) is -1.52. The molecule has 0 aliphatic carbocycles. The summed E-state index contributed by atoms with van der Waals surface area (Å²) in [6.07, 6.45) is 3.76. The first-order valence-electron chi connectivity index (χ1n) is 7.39. The Balaban J connectivity index is 2.83. The van der Waals surface area contributed by atoms with Gasteiger partial charge in [0.15, 0.2) is 0 Å². The Labute approximate surface area is 139 Å². The highest BCUT2D eigenvalue weighted by molar-refractivity contribution is 6.25. The molecule has 1 amide bonds. The summed E-state index contributed by atoms with van der Waals surface area (Å²) in [6.45, 7) is 5.13. The van der Waals surface area contributed by atoms with Gasteiger partial charge in [0.1, 0.15) is 11.6 Å². The SMILES string of the molecule is CC(C)(C)OC(=O)[C@H](CCC(=O)C=[N+]=N)NC(=O)c1cccnc1. The van der Waals surface area contributed by atoms with Crippen LogP contribution in [0.2, 0.25) is 0 Å². The lowest BCUT2D eigenvalue weighted by Gasteiger charge is -2.24. The summed E-state index contributed by atoms with van der Waals surface area (Å²) in [5, 5.41) is 2.56. The number of Topliss-reactive ketones (excluding diaryl/α,β-unsaturated/α-hetero) is 1. The Morgan fingerprint density at radius 3 is 2.67 bits per heavy atom. The number of aromatic nitrogens is 1. The number of hydrogen-bond donors (Lipinski definition) is 2. The van der Waals surface area contributed by atoms with E-state index in [9.17, 15) is 14.4 Å². The minimum atomic E-state index is -0.986. The van der Waals surface area contributed by atoms with Crippen LogP contribution in [0.25, 0.3) is 0 Å². The molecule has 0 unspecified atom stereocenters. The van der Waals surface area contributed by atoms with Crippen LogP contribution in [0.5, 0.6) is 0 Å². The standard InChI is InChI=1S/C16H20N4O4/c1-16(2,3)24-15(23)13(7-6-12(21)10-19-17)20-14(22)11-5-4-8-18-9-11/h4-5,8-10,13,17H,6-7H2,1-3H3/p+1/t13-/m0/s1. The topological polar surface area (TPSA) is 123 Å². The molecule has 0 spiro atoms. The van der Waals surface area contributed by atoms with Gasteiger partial charge in [-0.2, -0.15) is 0 Å². The molecule has 0 saturated carbocycles. The molecule has 2 N–H and O–H groups in total. The predicted octanol–water partition coefficient (Wildman–Crippen LogP) is 1.18. The summed E-state index contributed by atoms with van der Waals surface area (Å²) < 4.78 is 5.28. The predicted molar refractivity (Wildman–Crippen MR) is 84.6 cm³/mol. The monoisotopic (exact) mass is 333 g/mol. The van der Waals surface area contributed by atoms with E-state index in [1.165, 1.54) is 12.4 Å². The van der Waals surface area contributed by atoms with Crippen molar-refractivity contribution < 1.29 is 23.9 Å². The molecule has 24 heavy (non-hydrogen) atoms. The van der Waals surface area contributed by atoms with E-state index in [1.807, 2.05) is 0 Å². The van der Waals surface area contributed by atoms with Gasteiger partial charge in [-0.3, -0.25) is 14.6 Å². The van der Waals surface area contributed by atoms with Crippen molar-refractivity contribution in [2.24, 2.45) is 0 Å². The molecule has 8 heteroatoms. The molecule has 8 nitrogen and oxygen atoms in total. The van der Waals surface area contributed by atoms with Gasteiger partial charge in [-0.25, -0.2) is 4.79 Å². The van der Waals surface area contributed by atoms with Gasteiger partial charge < -0.3 is 10.1 Å². The first kappa shape index (κ1) is 19.2. The normalized spacial score (nSPS) is 11.8. The first-order chi connectivity index (χ1) is 11.2. The summed E-state index contributed by atoms with van der Waals surface area (Å²) in [7, 11) is 0. The fraction of sp³-hybridized carbons (Fsp3) is 0.438. The van der Waals surface area contributed by atoms with Crippen LogP contribution in [-0.4, -0.2) is 45.3 Å². The van der Waals surface area contributed by atoms with Crippen molar-refractivity contribution in [2.45, 2.75) is 45.3 Å². The maximum absolute atomic E-state index is 12.3. The largest absolute Gasteiger partial charge is 0.458 e. The van der Waals surface area contributed by atoms with Crippen molar-refractivity contribution in [3.8, 4) is 0 Å². The van der Waals surface area contributed by atoms with Crippen LogP contribution in [0.1, 0.15) is 44.0 Å². The average Bonchev–Trinajstić information content (AvgIpc) is 2.50. The molecule has 1 heterocycles. The zero-order valence-corrected chi connectivity index (χ0v) is 13.9. The Morgan fingerprint density at radius 1 is 1.42 bits per heavy atom. The molecule has 0 aliphatic rings. The van der Waals surface area contributed by atoms with Crippen LogP contribution < -0.4 is 5.32 Å². The van der Waals surface area contributed by atoms with E-state index in [0.717, 1.165) is 6.21 Å². The van der Waals surface area contributed by atoms with E-state index < -0.39 is 29.3 Å². The van der Waals surface area contributed by atoms with Gasteiger partial charge in [-0.15, -0.1) is 0 Å². The highest BCUT2D eigenvalue weighted by Crippen LogP contribution is 2.11. The molecule has 0 radical (unpaired) electrons. The lowest BCUT2D eigenvalue weighted by Crippen LogP contribution is -2.44. The summed E-state index contributed by atoms with van der Waals surface area (Å²) in [4.78, 5) is 42.7. The molecule has 0 bridgehead atoms. The molecule has 1 atom stereocenters. The summed E-state index contributed by atoms with van der Waals surface area (Å²) in [5.41, 5.74) is 6.20. The number of ether oxygens (including phenoxy) is 1. The molecule has 0 aromatic carbocycles. The number of carbonyl (C=O) groups is 3. The molecule has 1 aromatic heterocycles. The van der Waals surface area contributed by atoms with Crippen LogP contribution in [0.4, 0.5) is 0 Å². The zero-order valence-electron chi connectivity index (χ0n) is 13.9. The summed E-state index contributed by atoms with van der Waals surface area (Å²) >= 11 is 0. The maximum atomic E-state index is 12.3. The third-order valence-corrected chi connectivity index (χ3v) is 2.81. The number of nitrogens with zero attached hydrogens (tertiary/aromatic N) is 2. The highest BCUT2D eigenvalue weighted by atomic mass is 16.6. The molecule has 0 fully saturated rings. The minimum Gasteiger partial charge on any atom is -0.458 e. The Bertz CT molecular complexity index is 646. The van der Waals surface area contributed by atoms with Crippen LogP contribution in [0, 0.1) is 5.53 Å². The quantitative estimate of drug-likeness (QED) is 0.336.